The van der Waals surface area contributed by atoms with Gasteiger partial charge in [0.15, 0.2) is 0 Å². The third-order valence-corrected chi connectivity index (χ3v) is 4.42. The number of rotatable bonds is 3. The molecule has 2 aromatic heterocycles. The number of pyridine rings is 1. The van der Waals surface area contributed by atoms with Crippen molar-refractivity contribution in [3.63, 3.8) is 0 Å². The Bertz CT molecular complexity index is 645. The molecule has 0 saturated heterocycles. The van der Waals surface area contributed by atoms with Gasteiger partial charge < -0.3 is 9.30 Å². The first kappa shape index (κ1) is 14.0. The SMILES string of the molecule is COC(=O)[C@H]1CC[C@H](Cn2ccc3ncc(F)cc32)CC1. The third kappa shape index (κ3) is 2.91. The van der Waals surface area contributed by atoms with Gasteiger partial charge in [0.2, 0.25) is 0 Å². The molecule has 5 heteroatoms. The van der Waals surface area contributed by atoms with Gasteiger partial charge in [-0.2, -0.15) is 0 Å². The van der Waals surface area contributed by atoms with Gasteiger partial charge in [0.05, 0.1) is 30.3 Å². The smallest absolute Gasteiger partial charge is 0.308 e. The molecule has 4 nitrogen and oxygen atoms in total. The van der Waals surface area contributed by atoms with Gasteiger partial charge >= 0.3 is 5.97 Å². The van der Waals surface area contributed by atoms with E-state index >= 15 is 0 Å². The molecule has 112 valence electrons. The van der Waals surface area contributed by atoms with Crippen LogP contribution in [0.3, 0.4) is 0 Å². The van der Waals surface area contributed by atoms with E-state index in [1.807, 2.05) is 12.3 Å². The van der Waals surface area contributed by atoms with Crippen LogP contribution in [0.5, 0.6) is 0 Å². The summed E-state index contributed by atoms with van der Waals surface area (Å²) in [6.07, 6.45) is 6.97. The number of esters is 1. The van der Waals surface area contributed by atoms with E-state index in [2.05, 4.69) is 9.55 Å². The van der Waals surface area contributed by atoms with Crippen molar-refractivity contribution in [1.82, 2.24) is 9.55 Å². The van der Waals surface area contributed by atoms with Crippen LogP contribution in [0.2, 0.25) is 0 Å². The molecule has 1 aliphatic rings. The van der Waals surface area contributed by atoms with Crippen molar-refractivity contribution >= 4 is 17.0 Å². The number of fused-ring (bicyclic) bond motifs is 1. The zero-order valence-corrected chi connectivity index (χ0v) is 12.1. The van der Waals surface area contributed by atoms with Gasteiger partial charge in [-0.1, -0.05) is 0 Å². The summed E-state index contributed by atoms with van der Waals surface area (Å²) in [5.41, 5.74) is 1.66. The Morgan fingerprint density at radius 2 is 2.19 bits per heavy atom. The maximum absolute atomic E-state index is 13.3. The summed E-state index contributed by atoms with van der Waals surface area (Å²) in [6, 6.07) is 3.44. The van der Waals surface area contributed by atoms with E-state index in [-0.39, 0.29) is 17.7 Å². The molecule has 3 rings (SSSR count). The first-order valence-electron chi connectivity index (χ1n) is 7.35. The van der Waals surface area contributed by atoms with Crippen LogP contribution in [0, 0.1) is 17.7 Å². The number of hydrogen-bond donors (Lipinski definition) is 0. The van der Waals surface area contributed by atoms with Gasteiger partial charge in [0.25, 0.3) is 0 Å². The zero-order chi connectivity index (χ0) is 14.8. The second-order valence-corrected chi connectivity index (χ2v) is 5.77. The average Bonchev–Trinajstić information content (AvgIpc) is 2.89. The highest BCUT2D eigenvalue weighted by atomic mass is 19.1. The van der Waals surface area contributed by atoms with E-state index in [9.17, 15) is 9.18 Å². The second kappa shape index (κ2) is 5.84. The van der Waals surface area contributed by atoms with Crippen LogP contribution in [0.4, 0.5) is 4.39 Å². The molecule has 0 unspecified atom stereocenters. The minimum Gasteiger partial charge on any atom is -0.469 e. The molecular weight excluding hydrogens is 271 g/mol. The lowest BCUT2D eigenvalue weighted by Gasteiger charge is -2.27. The number of nitrogens with zero attached hydrogens (tertiary/aromatic N) is 2. The van der Waals surface area contributed by atoms with Crippen LogP contribution in [0.15, 0.2) is 24.5 Å². The quantitative estimate of drug-likeness (QED) is 0.816. The zero-order valence-electron chi connectivity index (χ0n) is 12.1. The Morgan fingerprint density at radius 3 is 2.90 bits per heavy atom. The summed E-state index contributed by atoms with van der Waals surface area (Å²) in [7, 11) is 1.45. The van der Waals surface area contributed by atoms with Crippen molar-refractivity contribution in [3.05, 3.63) is 30.3 Å². The van der Waals surface area contributed by atoms with Gasteiger partial charge in [0.1, 0.15) is 5.82 Å². The third-order valence-electron chi connectivity index (χ3n) is 4.42. The monoisotopic (exact) mass is 290 g/mol. The van der Waals surface area contributed by atoms with Crippen LogP contribution in [0.25, 0.3) is 11.0 Å². The van der Waals surface area contributed by atoms with Gasteiger partial charge in [-0.25, -0.2) is 4.39 Å². The first-order valence-corrected chi connectivity index (χ1v) is 7.35. The molecule has 0 spiro atoms. The van der Waals surface area contributed by atoms with E-state index in [1.54, 1.807) is 0 Å². The van der Waals surface area contributed by atoms with Crippen LogP contribution in [-0.4, -0.2) is 22.6 Å². The van der Waals surface area contributed by atoms with Gasteiger partial charge in [-0.3, -0.25) is 9.78 Å². The standard InChI is InChI=1S/C16H19FN2O2/c1-21-16(20)12-4-2-11(3-5-12)10-19-7-6-14-15(19)8-13(17)9-18-14/h6-9,11-12H,2-5,10H2,1H3/t11-,12-. The Labute approximate surface area is 122 Å². The Morgan fingerprint density at radius 1 is 1.43 bits per heavy atom. The van der Waals surface area contributed by atoms with Gasteiger partial charge in [-0.05, 0) is 37.7 Å². The van der Waals surface area contributed by atoms with Crippen molar-refractivity contribution in [2.45, 2.75) is 32.2 Å². The molecule has 0 atom stereocenters. The van der Waals surface area contributed by atoms with Crippen molar-refractivity contribution in [2.75, 3.05) is 7.11 Å². The Balaban J connectivity index is 1.67. The largest absolute Gasteiger partial charge is 0.469 e. The second-order valence-electron chi connectivity index (χ2n) is 5.77. The van der Waals surface area contributed by atoms with Crippen LogP contribution in [-0.2, 0) is 16.1 Å². The van der Waals surface area contributed by atoms with Gasteiger partial charge in [0, 0.05) is 18.8 Å². The lowest BCUT2D eigenvalue weighted by Crippen LogP contribution is -2.24. The molecular formula is C16H19FN2O2. The molecule has 1 aliphatic carbocycles. The number of methoxy groups -OCH3 is 1. The minimum absolute atomic E-state index is 0.0479. The topological polar surface area (TPSA) is 44.1 Å². The van der Waals surface area contributed by atoms with Crippen LogP contribution < -0.4 is 0 Å². The fraction of sp³-hybridized carbons (Fsp3) is 0.500. The summed E-state index contributed by atoms with van der Waals surface area (Å²) in [6.45, 7) is 0.850. The number of carbonyl (C=O) groups excluding carboxylic acids is 1. The van der Waals surface area contributed by atoms with E-state index in [0.29, 0.717) is 5.92 Å². The highest BCUT2D eigenvalue weighted by Gasteiger charge is 2.27. The van der Waals surface area contributed by atoms with Gasteiger partial charge in [-0.15, -0.1) is 0 Å². The van der Waals surface area contributed by atoms with E-state index in [4.69, 9.17) is 4.74 Å². The normalized spacial score (nSPS) is 22.4. The number of hydrogen-bond acceptors (Lipinski definition) is 3. The molecule has 21 heavy (non-hydrogen) atoms. The predicted molar refractivity (Wildman–Crippen MR) is 77.2 cm³/mol. The lowest BCUT2D eigenvalue weighted by atomic mass is 9.82. The highest BCUT2D eigenvalue weighted by Crippen LogP contribution is 2.31. The predicted octanol–water partition coefficient (Wildman–Crippen LogP) is 3.15. The van der Waals surface area contributed by atoms with E-state index < -0.39 is 0 Å². The van der Waals surface area contributed by atoms with Crippen molar-refractivity contribution in [1.29, 1.82) is 0 Å². The highest BCUT2D eigenvalue weighted by molar-refractivity contribution is 5.75. The molecule has 0 aliphatic heterocycles. The van der Waals surface area contributed by atoms with E-state index in [1.165, 1.54) is 19.4 Å². The molecule has 2 aromatic rings. The average molecular weight is 290 g/mol. The molecule has 1 fully saturated rings. The number of ether oxygens (including phenoxy) is 1. The maximum atomic E-state index is 13.3. The molecule has 2 heterocycles. The number of carbonyl (C=O) groups is 1. The summed E-state index contributed by atoms with van der Waals surface area (Å²) in [5.74, 6) is 0.166. The molecule has 0 aromatic carbocycles. The fourth-order valence-corrected chi connectivity index (χ4v) is 3.22. The molecule has 0 radical (unpaired) electrons. The summed E-state index contributed by atoms with van der Waals surface area (Å²) in [4.78, 5) is 15.6. The summed E-state index contributed by atoms with van der Waals surface area (Å²) < 4.78 is 20.2. The Hall–Kier alpha value is -1.91. The van der Waals surface area contributed by atoms with E-state index in [0.717, 1.165) is 43.3 Å². The number of halogens is 1. The van der Waals surface area contributed by atoms with Crippen molar-refractivity contribution < 1.29 is 13.9 Å². The molecule has 1 saturated carbocycles. The maximum Gasteiger partial charge on any atom is 0.308 e. The molecule has 0 bridgehead atoms. The molecule has 0 N–H and O–H groups in total. The summed E-state index contributed by atoms with van der Waals surface area (Å²) in [5, 5.41) is 0. The van der Waals surface area contributed by atoms with Crippen LogP contribution >= 0.6 is 0 Å². The first-order chi connectivity index (χ1) is 10.2. The van der Waals surface area contributed by atoms with Crippen molar-refractivity contribution in [2.24, 2.45) is 11.8 Å². The van der Waals surface area contributed by atoms with Crippen molar-refractivity contribution in [3.8, 4) is 0 Å². The minimum atomic E-state index is -0.308. The Kier molecular flexibility index (Phi) is 3.90. The number of aromatic nitrogens is 2. The summed E-state index contributed by atoms with van der Waals surface area (Å²) >= 11 is 0. The molecule has 0 amide bonds. The fourth-order valence-electron chi connectivity index (χ4n) is 3.22. The van der Waals surface area contributed by atoms with Crippen LogP contribution in [0.1, 0.15) is 25.7 Å². The lowest BCUT2D eigenvalue weighted by molar-refractivity contribution is -0.146.